The number of rotatable bonds is 4. The molecule has 1 unspecified atom stereocenters. The van der Waals surface area contributed by atoms with E-state index in [-0.39, 0.29) is 12.2 Å². The molecule has 1 atom stereocenters. The van der Waals surface area contributed by atoms with Gasteiger partial charge in [0.05, 0.1) is 12.1 Å². The van der Waals surface area contributed by atoms with Crippen LogP contribution in [0.5, 0.6) is 0 Å². The first-order valence-corrected chi connectivity index (χ1v) is 8.09. The fourth-order valence-electron chi connectivity index (χ4n) is 2.50. The maximum absolute atomic E-state index is 12.5. The second-order valence-corrected chi connectivity index (χ2v) is 6.31. The molecule has 1 aromatic heterocycles. The Kier molecular flexibility index (Phi) is 4.84. The average Bonchev–Trinajstić information content (AvgIpc) is 3.05. The predicted octanol–water partition coefficient (Wildman–Crippen LogP) is 4.48. The topological polar surface area (TPSA) is 74.5 Å². The van der Waals surface area contributed by atoms with E-state index < -0.39 is 23.4 Å². The van der Waals surface area contributed by atoms with Crippen molar-refractivity contribution >= 4 is 22.7 Å². The zero-order valence-electron chi connectivity index (χ0n) is 14.3. The summed E-state index contributed by atoms with van der Waals surface area (Å²) >= 11 is 0. The number of nitrogens with one attached hydrogen (secondary N) is 2. The number of urea groups is 1. The summed E-state index contributed by atoms with van der Waals surface area (Å²) in [7, 11) is 0. The predicted molar refractivity (Wildman–Crippen MR) is 94.3 cm³/mol. The number of alkyl halides is 3. The maximum Gasteiger partial charge on any atom is 0.416 e. The van der Waals surface area contributed by atoms with Crippen molar-refractivity contribution in [1.29, 1.82) is 0 Å². The highest BCUT2D eigenvalue weighted by atomic mass is 19.4. The summed E-state index contributed by atoms with van der Waals surface area (Å²) in [5.74, 6) is 0.290. The number of anilines is 1. The molecule has 0 saturated carbocycles. The van der Waals surface area contributed by atoms with Crippen molar-refractivity contribution in [3.8, 4) is 0 Å². The molecule has 142 valence electrons. The van der Waals surface area contributed by atoms with Gasteiger partial charge < -0.3 is 20.2 Å². The Morgan fingerprint density at radius 1 is 1.11 bits per heavy atom. The van der Waals surface area contributed by atoms with Gasteiger partial charge in [0.25, 0.3) is 0 Å². The zero-order chi connectivity index (χ0) is 19.7. The van der Waals surface area contributed by atoms with Crippen LogP contribution in [0.15, 0.2) is 59.0 Å². The Morgan fingerprint density at radius 3 is 2.41 bits per heavy atom. The highest BCUT2D eigenvalue weighted by Gasteiger charge is 2.30. The first-order valence-electron chi connectivity index (χ1n) is 8.09. The molecule has 0 bridgehead atoms. The van der Waals surface area contributed by atoms with E-state index in [0.29, 0.717) is 11.3 Å². The van der Waals surface area contributed by atoms with Crippen molar-refractivity contribution in [1.82, 2.24) is 5.32 Å². The van der Waals surface area contributed by atoms with Gasteiger partial charge in [0.2, 0.25) is 0 Å². The van der Waals surface area contributed by atoms with Crippen molar-refractivity contribution in [2.75, 3.05) is 11.9 Å². The van der Waals surface area contributed by atoms with Crippen LogP contribution in [0.4, 0.5) is 23.7 Å². The maximum atomic E-state index is 12.5. The minimum absolute atomic E-state index is 0.153. The smallest absolute Gasteiger partial charge is 0.416 e. The summed E-state index contributed by atoms with van der Waals surface area (Å²) in [5, 5.41) is 16.3. The highest BCUT2D eigenvalue weighted by Crippen LogP contribution is 2.30. The first-order chi connectivity index (χ1) is 12.6. The van der Waals surface area contributed by atoms with Gasteiger partial charge in [-0.3, -0.25) is 0 Å². The number of furan rings is 1. The molecule has 8 heteroatoms. The lowest BCUT2D eigenvalue weighted by atomic mass is 10.0. The van der Waals surface area contributed by atoms with E-state index in [0.717, 1.165) is 29.7 Å². The zero-order valence-corrected chi connectivity index (χ0v) is 14.3. The number of amides is 2. The van der Waals surface area contributed by atoms with Crippen molar-refractivity contribution in [3.63, 3.8) is 0 Å². The van der Waals surface area contributed by atoms with Gasteiger partial charge in [-0.25, -0.2) is 4.79 Å². The van der Waals surface area contributed by atoms with Crippen LogP contribution in [0.2, 0.25) is 0 Å². The van der Waals surface area contributed by atoms with E-state index in [1.54, 1.807) is 18.2 Å². The van der Waals surface area contributed by atoms with Gasteiger partial charge in [-0.2, -0.15) is 13.2 Å². The van der Waals surface area contributed by atoms with E-state index in [9.17, 15) is 23.1 Å². The van der Waals surface area contributed by atoms with E-state index in [2.05, 4.69) is 10.6 Å². The molecular weight excluding hydrogens is 361 g/mol. The van der Waals surface area contributed by atoms with Crippen LogP contribution < -0.4 is 10.6 Å². The van der Waals surface area contributed by atoms with Crippen LogP contribution >= 0.6 is 0 Å². The lowest BCUT2D eigenvalue weighted by molar-refractivity contribution is -0.137. The first kappa shape index (κ1) is 18.8. The van der Waals surface area contributed by atoms with Gasteiger partial charge in [0, 0.05) is 11.1 Å². The van der Waals surface area contributed by atoms with Crippen molar-refractivity contribution in [2.24, 2.45) is 0 Å². The Morgan fingerprint density at radius 2 is 1.78 bits per heavy atom. The summed E-state index contributed by atoms with van der Waals surface area (Å²) in [5.41, 5.74) is -1.46. The molecule has 3 rings (SSSR count). The summed E-state index contributed by atoms with van der Waals surface area (Å²) in [6.07, 6.45) is -4.44. The van der Waals surface area contributed by atoms with Gasteiger partial charge in [0.1, 0.15) is 16.9 Å². The minimum Gasteiger partial charge on any atom is -0.458 e. The number of carbonyl (C=O) groups excluding carboxylic acids is 1. The van der Waals surface area contributed by atoms with Gasteiger partial charge in [-0.05, 0) is 43.3 Å². The Bertz CT molecular complexity index is 914. The summed E-state index contributed by atoms with van der Waals surface area (Å²) in [6.45, 7) is 1.34. The normalized spacial score (nSPS) is 14.0. The molecule has 0 radical (unpaired) electrons. The molecule has 1 heterocycles. The second kappa shape index (κ2) is 6.96. The molecule has 5 nitrogen and oxygen atoms in total. The molecule has 3 N–H and O–H groups in total. The SMILES string of the molecule is CC(O)(CNC(=O)Nc1ccc(C(F)(F)F)cc1)c1cc2ccccc2o1. The summed E-state index contributed by atoms with van der Waals surface area (Å²) < 4.78 is 43.2. The Balaban J connectivity index is 1.60. The fourth-order valence-corrected chi connectivity index (χ4v) is 2.50. The van der Waals surface area contributed by atoms with Crippen molar-refractivity contribution < 1.29 is 27.5 Å². The van der Waals surface area contributed by atoms with Gasteiger partial charge in [0.15, 0.2) is 0 Å². The lowest BCUT2D eigenvalue weighted by Crippen LogP contribution is -2.40. The monoisotopic (exact) mass is 378 g/mol. The van der Waals surface area contributed by atoms with Crippen LogP contribution in [0.1, 0.15) is 18.2 Å². The molecule has 2 amide bonds. The Hall–Kier alpha value is -3.00. The number of hydrogen-bond donors (Lipinski definition) is 3. The summed E-state index contributed by atoms with van der Waals surface area (Å²) in [6, 6.07) is 12.3. The van der Waals surface area contributed by atoms with Crippen LogP contribution in [0.3, 0.4) is 0 Å². The van der Waals surface area contributed by atoms with E-state index in [4.69, 9.17) is 4.42 Å². The molecule has 0 saturated heterocycles. The quantitative estimate of drug-likeness (QED) is 0.627. The van der Waals surface area contributed by atoms with Gasteiger partial charge in [-0.1, -0.05) is 18.2 Å². The summed E-state index contributed by atoms with van der Waals surface area (Å²) in [4.78, 5) is 12.0. The van der Waals surface area contributed by atoms with Crippen molar-refractivity contribution in [2.45, 2.75) is 18.7 Å². The number of para-hydroxylation sites is 1. The van der Waals surface area contributed by atoms with Crippen LogP contribution in [0.25, 0.3) is 11.0 Å². The average molecular weight is 378 g/mol. The number of halogens is 3. The molecule has 2 aromatic carbocycles. The lowest BCUT2D eigenvalue weighted by Gasteiger charge is -2.21. The van der Waals surface area contributed by atoms with Crippen molar-refractivity contribution in [3.05, 3.63) is 65.9 Å². The molecule has 3 aromatic rings. The van der Waals surface area contributed by atoms with Crippen LogP contribution in [0, 0.1) is 0 Å². The van der Waals surface area contributed by atoms with Crippen LogP contribution in [-0.2, 0) is 11.8 Å². The third-order valence-corrected chi connectivity index (χ3v) is 4.02. The number of benzene rings is 2. The molecule has 0 spiro atoms. The largest absolute Gasteiger partial charge is 0.458 e. The van der Waals surface area contributed by atoms with E-state index in [1.165, 1.54) is 6.92 Å². The third-order valence-electron chi connectivity index (χ3n) is 4.02. The fraction of sp³-hybridized carbons (Fsp3) is 0.211. The molecular formula is C19H17F3N2O3. The molecule has 0 aliphatic carbocycles. The molecule has 0 aliphatic rings. The minimum atomic E-state index is -4.44. The number of hydrogen-bond acceptors (Lipinski definition) is 3. The Labute approximate surface area is 152 Å². The molecule has 0 fully saturated rings. The molecule has 27 heavy (non-hydrogen) atoms. The third kappa shape index (κ3) is 4.40. The second-order valence-electron chi connectivity index (χ2n) is 6.31. The number of fused-ring (bicyclic) bond motifs is 1. The molecule has 0 aliphatic heterocycles. The number of aliphatic hydroxyl groups is 1. The number of carbonyl (C=O) groups is 1. The highest BCUT2D eigenvalue weighted by molar-refractivity contribution is 5.89. The van der Waals surface area contributed by atoms with E-state index in [1.807, 2.05) is 12.1 Å². The van der Waals surface area contributed by atoms with Gasteiger partial charge in [-0.15, -0.1) is 0 Å². The van der Waals surface area contributed by atoms with E-state index >= 15 is 0 Å². The van der Waals surface area contributed by atoms with Crippen LogP contribution in [-0.4, -0.2) is 17.7 Å². The standard InChI is InChI=1S/C19H17F3N2O3/c1-18(26,16-10-12-4-2-3-5-15(12)27-16)11-23-17(25)24-14-8-6-13(7-9-14)19(20,21)22/h2-10,26H,11H2,1H3,(H2,23,24,25). The van der Waals surface area contributed by atoms with Gasteiger partial charge >= 0.3 is 12.2 Å².